The Hall–Kier alpha value is -2.17. The molecule has 0 saturated heterocycles. The molecule has 0 fully saturated rings. The number of nitrogens with one attached hydrogen (secondary N) is 1. The van der Waals surface area contributed by atoms with Crippen molar-refractivity contribution < 1.29 is 14.7 Å². The van der Waals surface area contributed by atoms with Gasteiger partial charge < -0.3 is 10.4 Å². The van der Waals surface area contributed by atoms with E-state index in [-0.39, 0.29) is 5.91 Å². The van der Waals surface area contributed by atoms with E-state index in [1.807, 2.05) is 12.2 Å². The Morgan fingerprint density at radius 3 is 2.63 bits per heavy atom. The number of carbonyl (C=O) groups excluding carboxylic acids is 1. The molecule has 1 heterocycles. The zero-order chi connectivity index (χ0) is 13.8. The van der Waals surface area contributed by atoms with E-state index in [0.717, 1.165) is 0 Å². The van der Waals surface area contributed by atoms with E-state index in [1.165, 1.54) is 0 Å². The molecule has 19 heavy (non-hydrogen) atoms. The number of aromatic nitrogens is 1. The molecule has 1 aromatic heterocycles. The number of carboxylic acids is 1. The number of nitrogens with zero attached hydrogens (tertiary/aromatic N) is 1. The molecule has 0 spiro atoms. The van der Waals surface area contributed by atoms with E-state index >= 15 is 0 Å². The molecule has 0 saturated carbocycles. The van der Waals surface area contributed by atoms with Crippen LogP contribution < -0.4 is 5.32 Å². The number of aryl methyl sites for hydroxylation is 1. The van der Waals surface area contributed by atoms with Crippen molar-refractivity contribution in [3.05, 3.63) is 36.2 Å². The van der Waals surface area contributed by atoms with Crippen LogP contribution in [0.15, 0.2) is 30.5 Å². The second kappa shape index (κ2) is 5.65. The number of aliphatic carboxylic acids is 1. The summed E-state index contributed by atoms with van der Waals surface area (Å²) in [6.45, 7) is 1.80. The highest BCUT2D eigenvalue weighted by Gasteiger charge is 2.34. The summed E-state index contributed by atoms with van der Waals surface area (Å²) in [6.07, 6.45) is 6.19. The Morgan fingerprint density at radius 1 is 1.32 bits per heavy atom. The zero-order valence-corrected chi connectivity index (χ0v) is 10.7. The summed E-state index contributed by atoms with van der Waals surface area (Å²) in [5.41, 5.74) is 1.35. The quantitative estimate of drug-likeness (QED) is 0.815. The molecule has 1 aliphatic carbocycles. The second-order valence-electron chi connectivity index (χ2n) is 4.62. The van der Waals surface area contributed by atoms with Gasteiger partial charge in [0.2, 0.25) is 5.91 Å². The van der Waals surface area contributed by atoms with Gasteiger partial charge in [-0.25, -0.2) is 0 Å². The summed E-state index contributed by atoms with van der Waals surface area (Å²) in [4.78, 5) is 27.4. The van der Waals surface area contributed by atoms with E-state index in [0.29, 0.717) is 24.2 Å². The predicted octanol–water partition coefficient (Wildman–Crippen LogP) is 2.00. The number of allylic oxidation sites excluding steroid dienone is 2. The summed E-state index contributed by atoms with van der Waals surface area (Å²) in [7, 11) is 0. The van der Waals surface area contributed by atoms with Crippen molar-refractivity contribution in [1.82, 2.24) is 4.98 Å². The van der Waals surface area contributed by atoms with Gasteiger partial charge in [0.1, 0.15) is 0 Å². The standard InChI is InChI=1S/C14H16N2O3/c1-9-12(7-4-8-15-9)16-13(17)10-5-2-3-6-11(10)14(18)19/h2-4,7-8,10-11H,5-6H2,1H3,(H,16,17)(H,18,19). The van der Waals surface area contributed by atoms with Crippen molar-refractivity contribution in [1.29, 1.82) is 0 Å². The highest BCUT2D eigenvalue weighted by molar-refractivity contribution is 5.95. The smallest absolute Gasteiger partial charge is 0.307 e. The SMILES string of the molecule is Cc1ncccc1NC(=O)C1CC=CCC1C(=O)O. The Morgan fingerprint density at radius 2 is 2.00 bits per heavy atom. The van der Waals surface area contributed by atoms with Gasteiger partial charge >= 0.3 is 5.97 Å². The van der Waals surface area contributed by atoms with Crippen LogP contribution in [0.5, 0.6) is 0 Å². The maximum absolute atomic E-state index is 12.2. The lowest BCUT2D eigenvalue weighted by atomic mass is 9.82. The number of hydrogen-bond acceptors (Lipinski definition) is 3. The maximum Gasteiger partial charge on any atom is 0.307 e. The number of carboxylic acid groups (broad SMARTS) is 1. The van der Waals surface area contributed by atoms with E-state index in [9.17, 15) is 9.59 Å². The topological polar surface area (TPSA) is 79.3 Å². The van der Waals surface area contributed by atoms with Gasteiger partial charge in [-0.2, -0.15) is 0 Å². The molecule has 5 nitrogen and oxygen atoms in total. The molecule has 2 N–H and O–H groups in total. The van der Waals surface area contributed by atoms with E-state index < -0.39 is 17.8 Å². The van der Waals surface area contributed by atoms with Gasteiger partial charge in [-0.3, -0.25) is 14.6 Å². The summed E-state index contributed by atoms with van der Waals surface area (Å²) >= 11 is 0. The molecule has 0 aliphatic heterocycles. The van der Waals surface area contributed by atoms with Crippen LogP contribution in [0.4, 0.5) is 5.69 Å². The maximum atomic E-state index is 12.2. The molecule has 1 aliphatic rings. The highest BCUT2D eigenvalue weighted by atomic mass is 16.4. The van der Waals surface area contributed by atoms with Crippen LogP contribution in [-0.4, -0.2) is 22.0 Å². The fourth-order valence-electron chi connectivity index (χ4n) is 2.22. The van der Waals surface area contributed by atoms with Crippen LogP contribution in [0.25, 0.3) is 0 Å². The first-order valence-electron chi connectivity index (χ1n) is 6.20. The molecule has 5 heteroatoms. The van der Waals surface area contributed by atoms with Gasteiger partial charge in [-0.1, -0.05) is 12.2 Å². The number of carbonyl (C=O) groups is 2. The average Bonchev–Trinajstić information content (AvgIpc) is 2.41. The van der Waals surface area contributed by atoms with Crippen molar-refractivity contribution in [2.75, 3.05) is 5.32 Å². The fraction of sp³-hybridized carbons (Fsp3) is 0.357. The predicted molar refractivity (Wildman–Crippen MR) is 70.6 cm³/mol. The van der Waals surface area contributed by atoms with E-state index in [4.69, 9.17) is 5.11 Å². The van der Waals surface area contributed by atoms with Gasteiger partial charge in [0.15, 0.2) is 0 Å². The van der Waals surface area contributed by atoms with Gasteiger partial charge in [-0.15, -0.1) is 0 Å². The molecule has 0 aromatic carbocycles. The third-order valence-electron chi connectivity index (χ3n) is 3.35. The lowest BCUT2D eigenvalue weighted by Gasteiger charge is -2.24. The average molecular weight is 260 g/mol. The summed E-state index contributed by atoms with van der Waals surface area (Å²) in [6, 6.07) is 3.49. The lowest BCUT2D eigenvalue weighted by Crippen LogP contribution is -2.34. The first-order valence-corrected chi connectivity index (χ1v) is 6.20. The Labute approximate surface area is 111 Å². The van der Waals surface area contributed by atoms with Crippen LogP contribution in [-0.2, 0) is 9.59 Å². The van der Waals surface area contributed by atoms with Crippen molar-refractivity contribution in [3.63, 3.8) is 0 Å². The summed E-state index contributed by atoms with van der Waals surface area (Å²) in [5.74, 6) is -2.36. The molecule has 2 atom stereocenters. The van der Waals surface area contributed by atoms with Crippen LogP contribution in [0.2, 0.25) is 0 Å². The molecule has 0 radical (unpaired) electrons. The van der Waals surface area contributed by atoms with Gasteiger partial charge in [0, 0.05) is 6.20 Å². The molecular formula is C14H16N2O3. The van der Waals surface area contributed by atoms with Crippen LogP contribution in [0, 0.1) is 18.8 Å². The Kier molecular flexibility index (Phi) is 3.94. The van der Waals surface area contributed by atoms with Gasteiger partial charge in [-0.05, 0) is 31.9 Å². The third-order valence-corrected chi connectivity index (χ3v) is 3.35. The molecule has 1 aromatic rings. The number of hydrogen-bond donors (Lipinski definition) is 2. The van der Waals surface area contributed by atoms with Crippen molar-refractivity contribution in [3.8, 4) is 0 Å². The minimum atomic E-state index is -0.924. The second-order valence-corrected chi connectivity index (χ2v) is 4.62. The number of amides is 1. The minimum absolute atomic E-state index is 0.257. The number of anilines is 1. The normalized spacial score (nSPS) is 21.9. The lowest BCUT2D eigenvalue weighted by molar-refractivity contribution is -0.146. The first kappa shape index (κ1) is 13.3. The monoisotopic (exact) mass is 260 g/mol. The zero-order valence-electron chi connectivity index (χ0n) is 10.7. The molecular weight excluding hydrogens is 244 g/mol. The summed E-state index contributed by atoms with van der Waals surface area (Å²) < 4.78 is 0. The third kappa shape index (κ3) is 2.99. The number of pyridine rings is 1. The molecule has 0 bridgehead atoms. The van der Waals surface area contributed by atoms with E-state index in [2.05, 4.69) is 10.3 Å². The number of rotatable bonds is 3. The molecule has 2 unspecified atom stereocenters. The molecule has 100 valence electrons. The van der Waals surface area contributed by atoms with Gasteiger partial charge in [0.05, 0.1) is 23.2 Å². The highest BCUT2D eigenvalue weighted by Crippen LogP contribution is 2.27. The van der Waals surface area contributed by atoms with Crippen molar-refractivity contribution >= 4 is 17.6 Å². The van der Waals surface area contributed by atoms with Crippen molar-refractivity contribution in [2.24, 2.45) is 11.8 Å². The molecule has 2 rings (SSSR count). The fourth-order valence-corrected chi connectivity index (χ4v) is 2.22. The van der Waals surface area contributed by atoms with Crippen LogP contribution in [0.1, 0.15) is 18.5 Å². The molecule has 1 amide bonds. The Bertz CT molecular complexity index is 525. The van der Waals surface area contributed by atoms with Crippen molar-refractivity contribution in [2.45, 2.75) is 19.8 Å². The van der Waals surface area contributed by atoms with Gasteiger partial charge in [0.25, 0.3) is 0 Å². The Balaban J connectivity index is 2.13. The minimum Gasteiger partial charge on any atom is -0.481 e. The first-order chi connectivity index (χ1) is 9.09. The van der Waals surface area contributed by atoms with E-state index in [1.54, 1.807) is 25.3 Å². The van der Waals surface area contributed by atoms with Crippen LogP contribution in [0.3, 0.4) is 0 Å². The largest absolute Gasteiger partial charge is 0.481 e. The van der Waals surface area contributed by atoms with Crippen LogP contribution >= 0.6 is 0 Å². The summed E-state index contributed by atoms with van der Waals surface area (Å²) in [5, 5.41) is 11.9.